The molecule has 1 heterocycles. The van der Waals surface area contributed by atoms with Crippen molar-refractivity contribution in [2.75, 3.05) is 26.2 Å². The van der Waals surface area contributed by atoms with E-state index in [1.807, 2.05) is 46.2 Å². The SMILES string of the molecule is C#CN1CCN(C(=O)/C=C/c2ccccc2)CC1. The first-order valence-electron chi connectivity index (χ1n) is 6.03. The molecule has 1 fully saturated rings. The van der Waals surface area contributed by atoms with Crippen molar-refractivity contribution in [3.63, 3.8) is 0 Å². The fraction of sp³-hybridized carbons (Fsp3) is 0.267. The third-order valence-corrected chi connectivity index (χ3v) is 2.99. The molecule has 0 aromatic heterocycles. The van der Waals surface area contributed by atoms with E-state index in [-0.39, 0.29) is 5.91 Å². The lowest BCUT2D eigenvalue weighted by atomic mass is 10.2. The van der Waals surface area contributed by atoms with Crippen molar-refractivity contribution in [1.29, 1.82) is 0 Å². The average molecular weight is 240 g/mol. The Morgan fingerprint density at radius 3 is 2.44 bits per heavy atom. The molecule has 1 saturated heterocycles. The number of hydrogen-bond donors (Lipinski definition) is 0. The lowest BCUT2D eigenvalue weighted by Crippen LogP contribution is -2.46. The van der Waals surface area contributed by atoms with E-state index in [4.69, 9.17) is 6.42 Å². The third kappa shape index (κ3) is 3.14. The summed E-state index contributed by atoms with van der Waals surface area (Å²) in [6.07, 6.45) is 8.79. The van der Waals surface area contributed by atoms with Gasteiger partial charge in [0, 0.05) is 38.3 Å². The fourth-order valence-electron chi connectivity index (χ4n) is 1.89. The van der Waals surface area contributed by atoms with E-state index >= 15 is 0 Å². The lowest BCUT2D eigenvalue weighted by molar-refractivity contribution is -0.127. The molecule has 18 heavy (non-hydrogen) atoms. The molecule has 0 radical (unpaired) electrons. The average Bonchev–Trinajstić information content (AvgIpc) is 2.46. The van der Waals surface area contributed by atoms with Crippen molar-refractivity contribution in [2.45, 2.75) is 0 Å². The monoisotopic (exact) mass is 240 g/mol. The van der Waals surface area contributed by atoms with Crippen molar-refractivity contribution < 1.29 is 4.79 Å². The number of hydrogen-bond acceptors (Lipinski definition) is 2. The van der Waals surface area contributed by atoms with Crippen LogP contribution in [0.2, 0.25) is 0 Å². The van der Waals surface area contributed by atoms with Gasteiger partial charge in [0.1, 0.15) is 0 Å². The Bertz CT molecular complexity index is 465. The number of rotatable bonds is 2. The highest BCUT2D eigenvalue weighted by atomic mass is 16.2. The van der Waals surface area contributed by atoms with Gasteiger partial charge in [0.2, 0.25) is 5.91 Å². The summed E-state index contributed by atoms with van der Waals surface area (Å²) in [5, 5.41) is 0. The minimum Gasteiger partial charge on any atom is -0.336 e. The van der Waals surface area contributed by atoms with Gasteiger partial charge >= 0.3 is 0 Å². The standard InChI is InChI=1S/C15H16N2O/c1-2-16-10-12-17(13-11-16)15(18)9-8-14-6-4-3-5-7-14/h1,3-9H,10-13H2/b9-8+. The lowest BCUT2D eigenvalue weighted by Gasteiger charge is -2.31. The zero-order chi connectivity index (χ0) is 12.8. The van der Waals surface area contributed by atoms with Crippen LogP contribution in [-0.4, -0.2) is 41.9 Å². The Balaban J connectivity index is 1.90. The Morgan fingerprint density at radius 1 is 1.17 bits per heavy atom. The molecule has 0 spiro atoms. The number of carbonyl (C=O) groups is 1. The summed E-state index contributed by atoms with van der Waals surface area (Å²) in [5.41, 5.74) is 1.04. The zero-order valence-electron chi connectivity index (χ0n) is 10.2. The summed E-state index contributed by atoms with van der Waals surface area (Å²) in [4.78, 5) is 15.7. The maximum absolute atomic E-state index is 11.9. The molecule has 2 rings (SSSR count). The molecule has 1 amide bonds. The molecule has 0 N–H and O–H groups in total. The highest BCUT2D eigenvalue weighted by molar-refractivity contribution is 5.91. The summed E-state index contributed by atoms with van der Waals surface area (Å²) < 4.78 is 0. The predicted octanol–water partition coefficient (Wildman–Crippen LogP) is 1.43. The molecule has 0 unspecified atom stereocenters. The molecule has 1 aliphatic heterocycles. The van der Waals surface area contributed by atoms with Crippen LogP contribution in [-0.2, 0) is 4.79 Å². The third-order valence-electron chi connectivity index (χ3n) is 2.99. The zero-order valence-corrected chi connectivity index (χ0v) is 10.2. The summed E-state index contributed by atoms with van der Waals surface area (Å²) in [6.45, 7) is 2.90. The largest absolute Gasteiger partial charge is 0.336 e. The van der Waals surface area contributed by atoms with Gasteiger partial charge in [-0.25, -0.2) is 0 Å². The highest BCUT2D eigenvalue weighted by Crippen LogP contribution is 2.04. The summed E-state index contributed by atoms with van der Waals surface area (Å²) >= 11 is 0. The van der Waals surface area contributed by atoms with Gasteiger partial charge in [-0.1, -0.05) is 36.8 Å². The van der Waals surface area contributed by atoms with Crippen LogP contribution in [0.15, 0.2) is 36.4 Å². The predicted molar refractivity (Wildman–Crippen MR) is 72.5 cm³/mol. The van der Waals surface area contributed by atoms with Crippen LogP contribution in [0.4, 0.5) is 0 Å². The highest BCUT2D eigenvalue weighted by Gasteiger charge is 2.17. The van der Waals surface area contributed by atoms with E-state index in [0.29, 0.717) is 13.1 Å². The minimum atomic E-state index is 0.0514. The van der Waals surface area contributed by atoms with Gasteiger partial charge in [0.15, 0.2) is 0 Å². The fourth-order valence-corrected chi connectivity index (χ4v) is 1.89. The second-order valence-corrected chi connectivity index (χ2v) is 4.19. The summed E-state index contributed by atoms with van der Waals surface area (Å²) in [5.74, 6) is 0.0514. The van der Waals surface area contributed by atoms with Crippen LogP contribution in [0, 0.1) is 12.5 Å². The Kier molecular flexibility index (Phi) is 4.03. The Labute approximate surface area is 108 Å². The van der Waals surface area contributed by atoms with E-state index in [1.54, 1.807) is 6.08 Å². The molecule has 3 heteroatoms. The Morgan fingerprint density at radius 2 is 1.83 bits per heavy atom. The van der Waals surface area contributed by atoms with E-state index < -0.39 is 0 Å². The van der Waals surface area contributed by atoms with Crippen LogP contribution in [0.3, 0.4) is 0 Å². The minimum absolute atomic E-state index is 0.0514. The molecule has 3 nitrogen and oxygen atoms in total. The van der Waals surface area contributed by atoms with Crippen LogP contribution >= 0.6 is 0 Å². The molecular formula is C15H16N2O. The van der Waals surface area contributed by atoms with Crippen molar-refractivity contribution >= 4 is 12.0 Å². The van der Waals surface area contributed by atoms with E-state index in [9.17, 15) is 4.79 Å². The maximum Gasteiger partial charge on any atom is 0.246 e. The smallest absolute Gasteiger partial charge is 0.246 e. The molecule has 92 valence electrons. The van der Waals surface area contributed by atoms with Crippen LogP contribution in [0.1, 0.15) is 5.56 Å². The summed E-state index contributed by atoms with van der Waals surface area (Å²) in [6, 6.07) is 12.4. The van der Waals surface area contributed by atoms with E-state index in [1.165, 1.54) is 0 Å². The molecule has 0 saturated carbocycles. The number of piperazine rings is 1. The first-order chi connectivity index (χ1) is 8.79. The molecule has 0 bridgehead atoms. The topological polar surface area (TPSA) is 23.6 Å². The van der Waals surface area contributed by atoms with Gasteiger partial charge in [0.05, 0.1) is 0 Å². The Hall–Kier alpha value is -2.21. The van der Waals surface area contributed by atoms with Gasteiger partial charge in [-0.2, -0.15) is 0 Å². The van der Waals surface area contributed by atoms with Crippen LogP contribution < -0.4 is 0 Å². The first kappa shape index (κ1) is 12.3. The van der Waals surface area contributed by atoms with Crippen LogP contribution in [0.5, 0.6) is 0 Å². The molecule has 1 aromatic carbocycles. The molecule has 0 aliphatic carbocycles. The van der Waals surface area contributed by atoms with Gasteiger partial charge in [-0.15, -0.1) is 0 Å². The second kappa shape index (κ2) is 5.92. The van der Waals surface area contributed by atoms with E-state index in [2.05, 4.69) is 6.04 Å². The van der Waals surface area contributed by atoms with Crippen molar-refractivity contribution in [3.8, 4) is 12.5 Å². The van der Waals surface area contributed by atoms with Crippen molar-refractivity contribution in [2.24, 2.45) is 0 Å². The van der Waals surface area contributed by atoms with Crippen molar-refractivity contribution in [3.05, 3.63) is 42.0 Å². The number of carbonyl (C=O) groups excluding carboxylic acids is 1. The molecule has 1 aliphatic rings. The number of amides is 1. The summed E-state index contributed by atoms with van der Waals surface area (Å²) in [7, 11) is 0. The number of nitrogens with zero attached hydrogens (tertiary/aromatic N) is 2. The van der Waals surface area contributed by atoms with Gasteiger partial charge < -0.3 is 9.80 Å². The molecular weight excluding hydrogens is 224 g/mol. The van der Waals surface area contributed by atoms with E-state index in [0.717, 1.165) is 18.7 Å². The number of terminal acetylenes is 1. The molecule has 0 atom stereocenters. The maximum atomic E-state index is 11.9. The second-order valence-electron chi connectivity index (χ2n) is 4.19. The van der Waals surface area contributed by atoms with Gasteiger partial charge in [-0.05, 0) is 11.6 Å². The molecule has 1 aromatic rings. The van der Waals surface area contributed by atoms with Gasteiger partial charge in [0.25, 0.3) is 0 Å². The van der Waals surface area contributed by atoms with Crippen molar-refractivity contribution in [1.82, 2.24) is 9.80 Å². The normalized spacial score (nSPS) is 15.7. The van der Waals surface area contributed by atoms with Crippen LogP contribution in [0.25, 0.3) is 6.08 Å². The van der Waals surface area contributed by atoms with Gasteiger partial charge in [-0.3, -0.25) is 4.79 Å². The first-order valence-corrected chi connectivity index (χ1v) is 6.03. The quantitative estimate of drug-likeness (QED) is 0.577. The number of benzene rings is 1.